The molecule has 0 aliphatic heterocycles. The molecular weight excluding hydrogens is 298 g/mol. The van der Waals surface area contributed by atoms with E-state index < -0.39 is 0 Å². The van der Waals surface area contributed by atoms with Gasteiger partial charge in [-0.2, -0.15) is 0 Å². The van der Waals surface area contributed by atoms with Crippen LogP contribution in [0, 0.1) is 6.92 Å². The number of imidazole rings is 1. The van der Waals surface area contributed by atoms with Gasteiger partial charge in [0.05, 0.1) is 16.6 Å². The molecule has 3 rings (SSSR count). The van der Waals surface area contributed by atoms with Crippen LogP contribution in [-0.4, -0.2) is 22.4 Å². The van der Waals surface area contributed by atoms with E-state index in [-0.39, 0.29) is 5.91 Å². The van der Waals surface area contributed by atoms with Crippen molar-refractivity contribution in [3.63, 3.8) is 0 Å². The second kappa shape index (κ2) is 7.13. The Labute approximate surface area is 141 Å². The van der Waals surface area contributed by atoms with Crippen molar-refractivity contribution in [1.82, 2.24) is 15.3 Å². The van der Waals surface area contributed by atoms with Crippen molar-refractivity contribution in [3.05, 3.63) is 65.5 Å². The summed E-state index contributed by atoms with van der Waals surface area (Å²) in [6.07, 6.45) is 2.79. The summed E-state index contributed by atoms with van der Waals surface area (Å²) in [5.74, 6) is 0.479. The first-order valence-electron chi connectivity index (χ1n) is 8.19. The Balaban J connectivity index is 2.07. The summed E-state index contributed by atoms with van der Waals surface area (Å²) in [5.41, 5.74) is 4.46. The number of aromatic amines is 1. The molecule has 0 saturated heterocycles. The number of benzene rings is 2. The fourth-order valence-corrected chi connectivity index (χ4v) is 2.56. The Hall–Kier alpha value is -2.88. The number of nitrogens with one attached hydrogen (secondary N) is 2. The molecule has 4 nitrogen and oxygen atoms in total. The highest BCUT2D eigenvalue weighted by atomic mass is 16.1. The van der Waals surface area contributed by atoms with Gasteiger partial charge in [0.25, 0.3) is 5.91 Å². The molecule has 1 aromatic heterocycles. The predicted molar refractivity (Wildman–Crippen MR) is 98.4 cm³/mol. The van der Waals surface area contributed by atoms with Crippen LogP contribution in [0.2, 0.25) is 0 Å². The van der Waals surface area contributed by atoms with E-state index in [1.54, 1.807) is 0 Å². The fraction of sp³-hybridized carbons (Fsp3) is 0.200. The molecular formula is C20H21N3O. The topological polar surface area (TPSA) is 57.8 Å². The van der Waals surface area contributed by atoms with Gasteiger partial charge in [0.15, 0.2) is 0 Å². The van der Waals surface area contributed by atoms with E-state index in [0.29, 0.717) is 17.9 Å². The lowest BCUT2D eigenvalue weighted by Crippen LogP contribution is -2.25. The Morgan fingerprint density at radius 3 is 2.67 bits per heavy atom. The molecule has 0 radical (unpaired) electrons. The minimum absolute atomic E-state index is 0.112. The lowest BCUT2D eigenvalue weighted by Gasteiger charge is -2.07. The summed E-state index contributed by atoms with van der Waals surface area (Å²) in [6.45, 7) is 4.71. The van der Waals surface area contributed by atoms with Gasteiger partial charge in [0.2, 0.25) is 0 Å². The van der Waals surface area contributed by atoms with Crippen LogP contribution >= 0.6 is 0 Å². The van der Waals surface area contributed by atoms with Crippen LogP contribution in [0.3, 0.4) is 0 Å². The lowest BCUT2D eigenvalue weighted by molar-refractivity contribution is -0.115. The van der Waals surface area contributed by atoms with Gasteiger partial charge in [-0.25, -0.2) is 4.98 Å². The van der Waals surface area contributed by atoms with Crippen LogP contribution in [0.5, 0.6) is 0 Å². The maximum Gasteiger partial charge on any atom is 0.255 e. The van der Waals surface area contributed by atoms with E-state index in [0.717, 1.165) is 28.6 Å². The first-order valence-corrected chi connectivity index (χ1v) is 8.19. The van der Waals surface area contributed by atoms with Crippen LogP contribution in [0.4, 0.5) is 0 Å². The van der Waals surface area contributed by atoms with E-state index >= 15 is 0 Å². The first-order chi connectivity index (χ1) is 11.7. The number of hydrogen-bond acceptors (Lipinski definition) is 2. The highest BCUT2D eigenvalue weighted by Gasteiger charge is 2.16. The number of aromatic nitrogens is 2. The van der Waals surface area contributed by atoms with Crippen molar-refractivity contribution in [2.75, 3.05) is 6.54 Å². The molecule has 1 heterocycles. The molecule has 0 aliphatic rings. The molecule has 1 amide bonds. The quantitative estimate of drug-likeness (QED) is 0.700. The largest absolute Gasteiger partial charge is 0.352 e. The minimum atomic E-state index is -0.112. The number of fused-ring (bicyclic) bond motifs is 1. The molecule has 3 aromatic rings. The zero-order chi connectivity index (χ0) is 16.9. The summed E-state index contributed by atoms with van der Waals surface area (Å²) >= 11 is 0. The van der Waals surface area contributed by atoms with Gasteiger partial charge < -0.3 is 10.3 Å². The smallest absolute Gasteiger partial charge is 0.255 e. The molecule has 0 atom stereocenters. The summed E-state index contributed by atoms with van der Waals surface area (Å²) < 4.78 is 0. The van der Waals surface area contributed by atoms with Crippen LogP contribution in [0.1, 0.15) is 30.3 Å². The number of carbonyl (C=O) groups is 1. The normalized spacial score (nSPS) is 11.7. The van der Waals surface area contributed by atoms with E-state index in [2.05, 4.69) is 15.3 Å². The zero-order valence-corrected chi connectivity index (χ0v) is 14.0. The Morgan fingerprint density at radius 1 is 1.17 bits per heavy atom. The minimum Gasteiger partial charge on any atom is -0.352 e. The van der Waals surface area contributed by atoms with Gasteiger partial charge in [-0.05, 0) is 42.7 Å². The van der Waals surface area contributed by atoms with Crippen molar-refractivity contribution in [2.45, 2.75) is 20.3 Å². The third-order valence-electron chi connectivity index (χ3n) is 3.91. The van der Waals surface area contributed by atoms with E-state index in [1.807, 2.05) is 68.5 Å². The second-order valence-corrected chi connectivity index (χ2v) is 5.77. The predicted octanol–water partition coefficient (Wildman–Crippen LogP) is 3.94. The molecule has 2 N–H and O–H groups in total. The zero-order valence-electron chi connectivity index (χ0n) is 14.0. The number of hydrogen-bond donors (Lipinski definition) is 2. The number of nitrogens with zero attached hydrogens (tertiary/aromatic N) is 1. The summed E-state index contributed by atoms with van der Waals surface area (Å²) in [6, 6.07) is 15.8. The molecule has 0 unspecified atom stereocenters. The SMILES string of the molecule is CCCNC(=O)/C(=C\c1ccccc1C)c1nc2ccccc2[nH]1. The number of rotatable bonds is 5. The van der Waals surface area contributed by atoms with Crippen LogP contribution < -0.4 is 5.32 Å². The third-order valence-corrected chi connectivity index (χ3v) is 3.91. The average molecular weight is 319 g/mol. The van der Waals surface area contributed by atoms with Gasteiger partial charge in [-0.1, -0.05) is 43.3 Å². The van der Waals surface area contributed by atoms with Gasteiger partial charge in [0.1, 0.15) is 5.82 Å². The van der Waals surface area contributed by atoms with Gasteiger partial charge >= 0.3 is 0 Å². The Kier molecular flexibility index (Phi) is 4.75. The molecule has 0 aliphatic carbocycles. The summed E-state index contributed by atoms with van der Waals surface area (Å²) in [4.78, 5) is 20.5. The lowest BCUT2D eigenvalue weighted by atomic mass is 10.0. The first kappa shape index (κ1) is 16.0. The number of para-hydroxylation sites is 2. The number of carbonyl (C=O) groups excluding carboxylic acids is 1. The summed E-state index contributed by atoms with van der Waals surface area (Å²) in [7, 11) is 0. The molecule has 24 heavy (non-hydrogen) atoms. The maximum atomic E-state index is 12.7. The molecule has 0 saturated carbocycles. The van der Waals surface area contributed by atoms with Crippen LogP contribution in [0.25, 0.3) is 22.7 Å². The van der Waals surface area contributed by atoms with Crippen molar-refractivity contribution < 1.29 is 4.79 Å². The van der Waals surface area contributed by atoms with E-state index in [9.17, 15) is 4.79 Å². The van der Waals surface area contributed by atoms with E-state index in [4.69, 9.17) is 0 Å². The summed E-state index contributed by atoms with van der Waals surface area (Å²) in [5, 5.41) is 2.95. The van der Waals surface area contributed by atoms with Crippen LogP contribution in [-0.2, 0) is 4.79 Å². The number of aryl methyl sites for hydroxylation is 1. The highest BCUT2D eigenvalue weighted by Crippen LogP contribution is 2.21. The van der Waals surface area contributed by atoms with Crippen molar-refractivity contribution in [2.24, 2.45) is 0 Å². The fourth-order valence-electron chi connectivity index (χ4n) is 2.56. The average Bonchev–Trinajstić information content (AvgIpc) is 3.02. The van der Waals surface area contributed by atoms with Crippen molar-refractivity contribution in [1.29, 1.82) is 0 Å². The van der Waals surface area contributed by atoms with E-state index in [1.165, 1.54) is 0 Å². The monoisotopic (exact) mass is 319 g/mol. The highest BCUT2D eigenvalue weighted by molar-refractivity contribution is 6.23. The Bertz CT molecular complexity index is 860. The standard InChI is InChI=1S/C20H21N3O/c1-3-12-21-20(24)16(13-15-9-5-4-8-14(15)2)19-22-17-10-6-7-11-18(17)23-19/h4-11,13H,3,12H2,1-2H3,(H,21,24)(H,22,23)/b16-13-. The maximum absolute atomic E-state index is 12.7. The molecule has 0 bridgehead atoms. The van der Waals surface area contributed by atoms with Gasteiger partial charge in [-0.3, -0.25) is 4.79 Å². The number of amides is 1. The van der Waals surface area contributed by atoms with Crippen molar-refractivity contribution in [3.8, 4) is 0 Å². The molecule has 4 heteroatoms. The molecule has 0 fully saturated rings. The van der Waals surface area contributed by atoms with Gasteiger partial charge in [0, 0.05) is 6.54 Å². The molecule has 0 spiro atoms. The molecule has 2 aromatic carbocycles. The Morgan fingerprint density at radius 2 is 1.92 bits per heavy atom. The second-order valence-electron chi connectivity index (χ2n) is 5.77. The van der Waals surface area contributed by atoms with Gasteiger partial charge in [-0.15, -0.1) is 0 Å². The van der Waals surface area contributed by atoms with Crippen LogP contribution in [0.15, 0.2) is 48.5 Å². The van der Waals surface area contributed by atoms with Crippen molar-refractivity contribution >= 4 is 28.6 Å². The third kappa shape index (κ3) is 3.38. The number of H-pyrrole nitrogens is 1. The molecule has 122 valence electrons.